The van der Waals surface area contributed by atoms with Crippen LogP contribution in [0.3, 0.4) is 0 Å². The number of carbonyl (C=O) groups is 2. The summed E-state index contributed by atoms with van der Waals surface area (Å²) in [7, 11) is 0. The van der Waals surface area contributed by atoms with Crippen molar-refractivity contribution in [3.63, 3.8) is 0 Å². The van der Waals surface area contributed by atoms with E-state index in [-0.39, 0.29) is 24.6 Å². The molecule has 19 heavy (non-hydrogen) atoms. The first-order chi connectivity index (χ1) is 9.08. The Hall–Kier alpha value is -1.60. The maximum Gasteiger partial charge on any atom is 0.326 e. The Bertz CT molecular complexity index is 468. The Kier molecular flexibility index (Phi) is 4.39. The molecule has 1 aliphatic heterocycles. The van der Waals surface area contributed by atoms with Crippen LogP contribution in [-0.2, 0) is 9.59 Å². The van der Waals surface area contributed by atoms with Gasteiger partial charge < -0.3 is 15.1 Å². The molecule has 2 heterocycles. The number of carboxylic acids is 1. The average molecular weight is 282 g/mol. The lowest BCUT2D eigenvalue weighted by atomic mass is 10.2. The molecule has 7 heteroatoms. The highest BCUT2D eigenvalue weighted by Crippen LogP contribution is 2.22. The lowest BCUT2D eigenvalue weighted by molar-refractivity contribution is -0.147. The summed E-state index contributed by atoms with van der Waals surface area (Å²) >= 11 is 1.32. The van der Waals surface area contributed by atoms with Crippen LogP contribution in [0.1, 0.15) is 6.42 Å². The molecule has 0 saturated carbocycles. The van der Waals surface area contributed by atoms with Gasteiger partial charge in [0.15, 0.2) is 0 Å². The van der Waals surface area contributed by atoms with Gasteiger partial charge in [0, 0.05) is 30.3 Å². The molecule has 2 N–H and O–H groups in total. The molecule has 0 aromatic carbocycles. The van der Waals surface area contributed by atoms with Gasteiger partial charge in [-0.3, -0.25) is 9.78 Å². The standard InChI is InChI=1S/C12H14N2O4S/c15-8-5-10(12(17)18)14(6-8)11(16)7-19-9-1-3-13-4-2-9/h1-4,8,10,15H,5-7H2,(H,17,18)/t8-,10-/m0/s1. The lowest BCUT2D eigenvalue weighted by Gasteiger charge is -2.20. The van der Waals surface area contributed by atoms with Gasteiger partial charge in [0.05, 0.1) is 11.9 Å². The summed E-state index contributed by atoms with van der Waals surface area (Å²) in [6.07, 6.45) is 2.61. The van der Waals surface area contributed by atoms with Crippen LogP contribution in [0.2, 0.25) is 0 Å². The summed E-state index contributed by atoms with van der Waals surface area (Å²) in [5, 5.41) is 18.5. The van der Waals surface area contributed by atoms with Crippen molar-refractivity contribution in [1.29, 1.82) is 0 Å². The number of β-amino-alcohol motifs (C(OH)–C–C–N with tert-alkyl or cyclic N) is 1. The predicted molar refractivity (Wildman–Crippen MR) is 68.7 cm³/mol. The van der Waals surface area contributed by atoms with Crippen molar-refractivity contribution in [3.05, 3.63) is 24.5 Å². The number of carbonyl (C=O) groups excluding carboxylic acids is 1. The van der Waals surface area contributed by atoms with E-state index in [0.717, 1.165) is 4.90 Å². The van der Waals surface area contributed by atoms with E-state index in [1.54, 1.807) is 24.5 Å². The fourth-order valence-electron chi connectivity index (χ4n) is 1.99. The SMILES string of the molecule is O=C(O)[C@@H]1C[C@H](O)CN1C(=O)CSc1ccncc1. The summed E-state index contributed by atoms with van der Waals surface area (Å²) < 4.78 is 0. The van der Waals surface area contributed by atoms with Gasteiger partial charge >= 0.3 is 5.97 Å². The monoisotopic (exact) mass is 282 g/mol. The third kappa shape index (κ3) is 3.45. The van der Waals surface area contributed by atoms with Gasteiger partial charge in [0.25, 0.3) is 0 Å². The number of pyridine rings is 1. The Balaban J connectivity index is 1.94. The molecule has 0 unspecified atom stereocenters. The van der Waals surface area contributed by atoms with Crippen molar-refractivity contribution in [2.45, 2.75) is 23.5 Å². The zero-order chi connectivity index (χ0) is 13.8. The molecule has 6 nitrogen and oxygen atoms in total. The minimum Gasteiger partial charge on any atom is -0.480 e. The molecule has 1 aliphatic rings. The van der Waals surface area contributed by atoms with Crippen molar-refractivity contribution in [3.8, 4) is 0 Å². The van der Waals surface area contributed by atoms with Crippen molar-refractivity contribution < 1.29 is 19.8 Å². The number of amides is 1. The molecule has 0 radical (unpaired) electrons. The Morgan fingerprint density at radius 1 is 1.42 bits per heavy atom. The largest absolute Gasteiger partial charge is 0.480 e. The van der Waals surface area contributed by atoms with Gasteiger partial charge in [0.2, 0.25) is 5.91 Å². The van der Waals surface area contributed by atoms with Crippen LogP contribution >= 0.6 is 11.8 Å². The number of aliphatic carboxylic acids is 1. The number of aromatic nitrogens is 1. The molecule has 2 rings (SSSR count). The van der Waals surface area contributed by atoms with Crippen LogP contribution in [0, 0.1) is 0 Å². The highest BCUT2D eigenvalue weighted by molar-refractivity contribution is 8.00. The summed E-state index contributed by atoms with van der Waals surface area (Å²) in [5.74, 6) is -1.19. The topological polar surface area (TPSA) is 90.7 Å². The highest BCUT2D eigenvalue weighted by Gasteiger charge is 2.38. The predicted octanol–water partition coefficient (Wildman–Crippen LogP) is 0.220. The fraction of sp³-hybridized carbons (Fsp3) is 0.417. The molecule has 0 spiro atoms. The van der Waals surface area contributed by atoms with Crippen molar-refractivity contribution in [1.82, 2.24) is 9.88 Å². The van der Waals surface area contributed by atoms with Crippen molar-refractivity contribution >= 4 is 23.6 Å². The fourth-order valence-corrected chi connectivity index (χ4v) is 2.76. The summed E-state index contributed by atoms with van der Waals surface area (Å²) in [6, 6.07) is 2.65. The van der Waals surface area contributed by atoms with Gasteiger partial charge in [0.1, 0.15) is 6.04 Å². The Morgan fingerprint density at radius 2 is 2.11 bits per heavy atom. The van der Waals surface area contributed by atoms with E-state index in [1.807, 2.05) is 0 Å². The average Bonchev–Trinajstić information content (AvgIpc) is 2.79. The molecule has 0 bridgehead atoms. The third-order valence-corrected chi connectivity index (χ3v) is 3.89. The second-order valence-electron chi connectivity index (χ2n) is 4.26. The van der Waals surface area contributed by atoms with Crippen LogP contribution in [0.5, 0.6) is 0 Å². The smallest absolute Gasteiger partial charge is 0.326 e. The first kappa shape index (κ1) is 13.8. The van der Waals surface area contributed by atoms with Crippen LogP contribution in [-0.4, -0.2) is 56.4 Å². The van der Waals surface area contributed by atoms with Gasteiger partial charge in [-0.15, -0.1) is 11.8 Å². The number of hydrogen-bond donors (Lipinski definition) is 2. The van der Waals surface area contributed by atoms with E-state index >= 15 is 0 Å². The molecular formula is C12H14N2O4S. The minimum atomic E-state index is -1.07. The number of aliphatic hydroxyl groups excluding tert-OH is 1. The molecule has 102 valence electrons. The first-order valence-electron chi connectivity index (χ1n) is 5.81. The lowest BCUT2D eigenvalue weighted by Crippen LogP contribution is -2.41. The number of nitrogens with zero attached hydrogens (tertiary/aromatic N) is 2. The zero-order valence-electron chi connectivity index (χ0n) is 10.1. The van der Waals surface area contributed by atoms with Crippen LogP contribution in [0.4, 0.5) is 0 Å². The Labute approximate surface area is 114 Å². The summed E-state index contributed by atoms with van der Waals surface area (Å²) in [6.45, 7) is 0.0900. The van der Waals surface area contributed by atoms with Gasteiger partial charge in [-0.05, 0) is 12.1 Å². The van der Waals surface area contributed by atoms with E-state index in [1.165, 1.54) is 16.7 Å². The summed E-state index contributed by atoms with van der Waals surface area (Å²) in [5.41, 5.74) is 0. The van der Waals surface area contributed by atoms with E-state index < -0.39 is 18.1 Å². The van der Waals surface area contributed by atoms with Crippen molar-refractivity contribution in [2.75, 3.05) is 12.3 Å². The molecule has 1 aromatic rings. The van der Waals surface area contributed by atoms with E-state index in [9.17, 15) is 14.7 Å². The Morgan fingerprint density at radius 3 is 2.74 bits per heavy atom. The number of carboxylic acid groups (broad SMARTS) is 1. The van der Waals surface area contributed by atoms with Crippen LogP contribution < -0.4 is 0 Å². The maximum absolute atomic E-state index is 12.0. The molecule has 1 fully saturated rings. The minimum absolute atomic E-state index is 0.0900. The van der Waals surface area contributed by atoms with Crippen LogP contribution in [0.25, 0.3) is 0 Å². The van der Waals surface area contributed by atoms with E-state index in [2.05, 4.69) is 4.98 Å². The van der Waals surface area contributed by atoms with Gasteiger partial charge in [-0.1, -0.05) is 0 Å². The summed E-state index contributed by atoms with van der Waals surface area (Å²) in [4.78, 5) is 29.0. The number of rotatable bonds is 4. The zero-order valence-corrected chi connectivity index (χ0v) is 10.9. The molecule has 1 aromatic heterocycles. The molecule has 1 amide bonds. The first-order valence-corrected chi connectivity index (χ1v) is 6.79. The molecule has 2 atom stereocenters. The van der Waals surface area contributed by atoms with Crippen molar-refractivity contribution in [2.24, 2.45) is 0 Å². The second kappa shape index (κ2) is 6.03. The molecule has 1 saturated heterocycles. The number of aliphatic hydroxyl groups is 1. The van der Waals surface area contributed by atoms with Gasteiger partial charge in [-0.25, -0.2) is 4.79 Å². The third-order valence-electron chi connectivity index (χ3n) is 2.90. The van der Waals surface area contributed by atoms with Gasteiger partial charge in [-0.2, -0.15) is 0 Å². The second-order valence-corrected chi connectivity index (χ2v) is 5.31. The number of thioether (sulfide) groups is 1. The molecular weight excluding hydrogens is 268 g/mol. The maximum atomic E-state index is 12.0. The van der Waals surface area contributed by atoms with E-state index in [4.69, 9.17) is 5.11 Å². The number of hydrogen-bond acceptors (Lipinski definition) is 5. The number of likely N-dealkylation sites (tertiary alicyclic amines) is 1. The molecule has 0 aliphatic carbocycles. The van der Waals surface area contributed by atoms with E-state index in [0.29, 0.717) is 0 Å². The normalized spacial score (nSPS) is 22.5. The van der Waals surface area contributed by atoms with Crippen LogP contribution in [0.15, 0.2) is 29.4 Å². The highest BCUT2D eigenvalue weighted by atomic mass is 32.2. The quantitative estimate of drug-likeness (QED) is 0.768.